The molecule has 1 heterocycles. The number of anilines is 1. The number of nitrogens with two attached hydrogens (primary N) is 1. The first-order chi connectivity index (χ1) is 8.83. The minimum atomic E-state index is -3.60. The Morgan fingerprint density at radius 3 is 2.37 bits per heavy atom. The van der Waals surface area contributed by atoms with E-state index in [9.17, 15) is 8.42 Å². The van der Waals surface area contributed by atoms with Crippen LogP contribution in [0.2, 0.25) is 0 Å². The van der Waals surface area contributed by atoms with Gasteiger partial charge in [-0.05, 0) is 20.0 Å². The lowest BCUT2D eigenvalue weighted by Gasteiger charge is -2.18. The molecule has 7 nitrogen and oxygen atoms in total. The van der Waals surface area contributed by atoms with Crippen molar-refractivity contribution in [2.75, 3.05) is 31.9 Å². The van der Waals surface area contributed by atoms with Crippen LogP contribution in [0.4, 0.5) is 5.82 Å². The van der Waals surface area contributed by atoms with Crippen LogP contribution in [-0.2, 0) is 17.1 Å². The summed E-state index contributed by atoms with van der Waals surface area (Å²) in [6.45, 7) is 8.59. The first kappa shape index (κ1) is 15.9. The number of nitrogen functional groups attached to an aromatic ring is 1. The second-order valence-electron chi connectivity index (χ2n) is 4.35. The number of rotatable bonds is 7. The Kier molecular flexibility index (Phi) is 5.33. The van der Waals surface area contributed by atoms with Gasteiger partial charge in [0, 0.05) is 20.1 Å². The quantitative estimate of drug-likeness (QED) is 0.733. The molecule has 0 fully saturated rings. The summed E-state index contributed by atoms with van der Waals surface area (Å²) >= 11 is 0. The molecule has 0 aliphatic rings. The molecule has 0 spiro atoms. The molecule has 3 N–H and O–H groups in total. The van der Waals surface area contributed by atoms with Crippen molar-refractivity contribution in [1.82, 2.24) is 19.4 Å². The Labute approximate surface area is 114 Å². The molecule has 1 aromatic heterocycles. The number of nitrogens with zero attached hydrogens (tertiary/aromatic N) is 3. The molecule has 0 saturated heterocycles. The van der Waals surface area contributed by atoms with Gasteiger partial charge >= 0.3 is 0 Å². The molecule has 1 rings (SSSR count). The predicted octanol–water partition coefficient (Wildman–Crippen LogP) is -0.0692. The first-order valence-electron chi connectivity index (χ1n) is 6.34. The number of aromatic nitrogens is 2. The van der Waals surface area contributed by atoms with E-state index in [1.807, 2.05) is 13.8 Å². The van der Waals surface area contributed by atoms with E-state index >= 15 is 0 Å². The predicted molar refractivity (Wildman–Crippen MR) is 75.3 cm³/mol. The average molecular weight is 289 g/mol. The highest BCUT2D eigenvalue weighted by Gasteiger charge is 2.24. The maximum Gasteiger partial charge on any atom is 0.246 e. The third-order valence-corrected chi connectivity index (χ3v) is 4.81. The van der Waals surface area contributed by atoms with Crippen molar-refractivity contribution in [2.24, 2.45) is 7.05 Å². The number of nitrogens with one attached hydrogen (secondary N) is 1. The maximum absolute atomic E-state index is 12.2. The molecule has 0 bridgehead atoms. The summed E-state index contributed by atoms with van der Waals surface area (Å²) in [6, 6.07) is 0. The van der Waals surface area contributed by atoms with Crippen LogP contribution in [0.3, 0.4) is 0 Å². The molecule has 0 aliphatic carbocycles. The van der Waals surface area contributed by atoms with Crippen LogP contribution >= 0.6 is 0 Å². The average Bonchev–Trinajstić information content (AvgIpc) is 2.59. The van der Waals surface area contributed by atoms with Crippen molar-refractivity contribution in [1.29, 1.82) is 0 Å². The van der Waals surface area contributed by atoms with Gasteiger partial charge in [-0.2, -0.15) is 5.10 Å². The van der Waals surface area contributed by atoms with Crippen LogP contribution in [0.25, 0.3) is 0 Å². The molecule has 1 aromatic rings. The van der Waals surface area contributed by atoms with Crippen LogP contribution in [0.1, 0.15) is 19.5 Å². The van der Waals surface area contributed by atoms with Crippen molar-refractivity contribution < 1.29 is 8.42 Å². The molecular formula is C11H23N5O2S. The number of likely N-dealkylation sites (N-methyl/N-ethyl adjacent to an activating group) is 1. The standard InChI is InChI=1S/C11H23N5O2S/c1-5-16(6-2)8-7-13-19(17,18)10-9(3)15(4)14-11(10)12/h13H,5-8H2,1-4H3,(H2,12,14). The molecule has 0 unspecified atom stereocenters. The lowest BCUT2D eigenvalue weighted by atomic mass is 10.5. The minimum absolute atomic E-state index is 0.0374. The van der Waals surface area contributed by atoms with E-state index in [-0.39, 0.29) is 10.7 Å². The van der Waals surface area contributed by atoms with E-state index < -0.39 is 10.0 Å². The number of aryl methyl sites for hydroxylation is 1. The summed E-state index contributed by atoms with van der Waals surface area (Å²) < 4.78 is 28.4. The molecule has 0 atom stereocenters. The summed E-state index contributed by atoms with van der Waals surface area (Å²) in [6.07, 6.45) is 0. The molecule has 110 valence electrons. The maximum atomic E-state index is 12.2. The zero-order valence-electron chi connectivity index (χ0n) is 12.0. The van der Waals surface area contributed by atoms with Crippen LogP contribution < -0.4 is 10.5 Å². The molecule has 0 aromatic carbocycles. The van der Waals surface area contributed by atoms with E-state index in [1.54, 1.807) is 14.0 Å². The normalized spacial score (nSPS) is 12.3. The number of hydrogen-bond donors (Lipinski definition) is 2. The third-order valence-electron chi connectivity index (χ3n) is 3.19. The highest BCUT2D eigenvalue weighted by atomic mass is 32.2. The lowest BCUT2D eigenvalue weighted by molar-refractivity contribution is 0.309. The Morgan fingerprint density at radius 1 is 1.37 bits per heavy atom. The van der Waals surface area contributed by atoms with Gasteiger partial charge in [-0.15, -0.1) is 0 Å². The summed E-state index contributed by atoms with van der Waals surface area (Å²) in [5.41, 5.74) is 6.19. The molecule has 0 radical (unpaired) electrons. The van der Waals surface area contributed by atoms with Crippen LogP contribution in [0, 0.1) is 6.92 Å². The minimum Gasteiger partial charge on any atom is -0.381 e. The zero-order valence-corrected chi connectivity index (χ0v) is 12.8. The van der Waals surface area contributed by atoms with Crippen molar-refractivity contribution in [3.8, 4) is 0 Å². The SMILES string of the molecule is CCN(CC)CCNS(=O)(=O)c1c(N)nn(C)c1C. The van der Waals surface area contributed by atoms with E-state index in [1.165, 1.54) is 4.68 Å². The Bertz CT molecular complexity index is 519. The summed E-state index contributed by atoms with van der Waals surface area (Å²) in [5.74, 6) is 0.0374. The lowest BCUT2D eigenvalue weighted by Crippen LogP contribution is -2.35. The van der Waals surface area contributed by atoms with Gasteiger partial charge in [0.05, 0.1) is 5.69 Å². The topological polar surface area (TPSA) is 93.2 Å². The molecule has 8 heteroatoms. The van der Waals surface area contributed by atoms with Gasteiger partial charge in [-0.1, -0.05) is 13.8 Å². The highest BCUT2D eigenvalue weighted by Crippen LogP contribution is 2.20. The Hall–Kier alpha value is -1.12. The zero-order chi connectivity index (χ0) is 14.6. The molecule has 0 aliphatic heterocycles. The summed E-state index contributed by atoms with van der Waals surface area (Å²) in [4.78, 5) is 2.22. The molecular weight excluding hydrogens is 266 g/mol. The van der Waals surface area contributed by atoms with Gasteiger partial charge in [-0.25, -0.2) is 13.1 Å². The number of hydrogen-bond acceptors (Lipinski definition) is 5. The van der Waals surface area contributed by atoms with Gasteiger partial charge in [0.15, 0.2) is 5.82 Å². The molecule has 0 amide bonds. The first-order valence-corrected chi connectivity index (χ1v) is 7.82. The van der Waals surface area contributed by atoms with Gasteiger partial charge in [0.25, 0.3) is 0 Å². The van der Waals surface area contributed by atoms with E-state index in [2.05, 4.69) is 14.7 Å². The largest absolute Gasteiger partial charge is 0.381 e. The fourth-order valence-electron chi connectivity index (χ4n) is 1.90. The second kappa shape index (κ2) is 6.36. The van der Waals surface area contributed by atoms with E-state index in [0.717, 1.165) is 13.1 Å². The van der Waals surface area contributed by atoms with Crippen LogP contribution in [-0.4, -0.2) is 49.3 Å². The van der Waals surface area contributed by atoms with Crippen LogP contribution in [0.15, 0.2) is 4.90 Å². The van der Waals surface area contributed by atoms with Gasteiger partial charge in [0.2, 0.25) is 10.0 Å². The smallest absolute Gasteiger partial charge is 0.246 e. The van der Waals surface area contributed by atoms with Crippen molar-refractivity contribution in [2.45, 2.75) is 25.7 Å². The van der Waals surface area contributed by atoms with Crippen molar-refractivity contribution in [3.63, 3.8) is 0 Å². The monoisotopic (exact) mass is 289 g/mol. The van der Waals surface area contributed by atoms with Gasteiger partial charge < -0.3 is 10.6 Å². The van der Waals surface area contributed by atoms with Crippen LogP contribution in [0.5, 0.6) is 0 Å². The Balaban J connectivity index is 2.77. The third kappa shape index (κ3) is 3.68. The van der Waals surface area contributed by atoms with Gasteiger partial charge in [-0.3, -0.25) is 4.68 Å². The highest BCUT2D eigenvalue weighted by molar-refractivity contribution is 7.89. The summed E-state index contributed by atoms with van der Waals surface area (Å²) in [5, 5.41) is 3.92. The fourth-order valence-corrected chi connectivity index (χ4v) is 3.24. The van der Waals surface area contributed by atoms with Crippen molar-refractivity contribution in [3.05, 3.63) is 5.69 Å². The van der Waals surface area contributed by atoms with Crippen molar-refractivity contribution >= 4 is 15.8 Å². The van der Waals surface area contributed by atoms with E-state index in [0.29, 0.717) is 18.8 Å². The Morgan fingerprint density at radius 2 is 1.95 bits per heavy atom. The molecule has 19 heavy (non-hydrogen) atoms. The molecule has 0 saturated carbocycles. The fraction of sp³-hybridized carbons (Fsp3) is 0.727. The second-order valence-corrected chi connectivity index (χ2v) is 6.05. The number of sulfonamides is 1. The van der Waals surface area contributed by atoms with Gasteiger partial charge in [0.1, 0.15) is 4.90 Å². The summed E-state index contributed by atoms with van der Waals surface area (Å²) in [7, 11) is -1.93. The van der Waals surface area contributed by atoms with E-state index in [4.69, 9.17) is 5.73 Å².